The minimum Gasteiger partial charge on any atom is -0.368 e. The van der Waals surface area contributed by atoms with Crippen molar-refractivity contribution in [1.82, 2.24) is 4.90 Å². The van der Waals surface area contributed by atoms with E-state index in [1.165, 1.54) is 0 Å². The molecular weight excluding hydrogens is 360 g/mol. The van der Waals surface area contributed by atoms with Crippen molar-refractivity contribution in [2.24, 2.45) is 11.7 Å². The van der Waals surface area contributed by atoms with Gasteiger partial charge in [0, 0.05) is 12.1 Å². The summed E-state index contributed by atoms with van der Waals surface area (Å²) in [5, 5.41) is 0. The monoisotopic (exact) mass is 386 g/mol. The first-order valence-electron chi connectivity index (χ1n) is 9.77. The average molecular weight is 386 g/mol. The molecule has 0 spiro atoms. The number of hydrogen-bond donors (Lipinski definition) is 1. The van der Waals surface area contributed by atoms with Crippen LogP contribution < -0.4 is 5.73 Å². The highest BCUT2D eigenvalue weighted by atomic mass is 16.2. The van der Waals surface area contributed by atoms with E-state index in [0.29, 0.717) is 12.1 Å². The quantitative estimate of drug-likeness (QED) is 0.649. The standard InChI is InChI=1S/C25H26N2O2/c1-18(2)23(24(26)28)27(17-19-11-5-3-6-12-19)25(29)22-16-10-9-15-21(22)20-13-7-4-8-14-20/h3-16,18,23H,17H2,1-2H3,(H2,26,28)/t23-/m0/s1. The summed E-state index contributed by atoms with van der Waals surface area (Å²) in [5.41, 5.74) is 9.02. The fraction of sp³-hybridized carbons (Fsp3) is 0.200. The van der Waals surface area contributed by atoms with Crippen molar-refractivity contribution in [3.8, 4) is 11.1 Å². The number of hydrogen-bond acceptors (Lipinski definition) is 2. The van der Waals surface area contributed by atoms with E-state index in [0.717, 1.165) is 16.7 Å². The number of nitrogens with two attached hydrogens (primary N) is 1. The van der Waals surface area contributed by atoms with Gasteiger partial charge >= 0.3 is 0 Å². The van der Waals surface area contributed by atoms with E-state index >= 15 is 0 Å². The maximum Gasteiger partial charge on any atom is 0.255 e. The van der Waals surface area contributed by atoms with Gasteiger partial charge in [0.1, 0.15) is 6.04 Å². The molecule has 0 aliphatic rings. The largest absolute Gasteiger partial charge is 0.368 e. The highest BCUT2D eigenvalue weighted by Gasteiger charge is 2.32. The highest BCUT2D eigenvalue weighted by Crippen LogP contribution is 2.27. The Bertz CT molecular complexity index is 968. The third kappa shape index (κ3) is 4.72. The summed E-state index contributed by atoms with van der Waals surface area (Å²) in [6, 6.07) is 26.2. The Morgan fingerprint density at radius 3 is 1.97 bits per heavy atom. The molecular formula is C25H26N2O2. The summed E-state index contributed by atoms with van der Waals surface area (Å²) < 4.78 is 0. The smallest absolute Gasteiger partial charge is 0.255 e. The molecule has 4 nitrogen and oxygen atoms in total. The van der Waals surface area contributed by atoms with E-state index in [1.54, 1.807) is 11.0 Å². The van der Waals surface area contributed by atoms with Crippen LogP contribution in [0.2, 0.25) is 0 Å². The third-order valence-corrected chi connectivity index (χ3v) is 4.96. The van der Waals surface area contributed by atoms with Gasteiger partial charge in [0.2, 0.25) is 5.91 Å². The van der Waals surface area contributed by atoms with Crippen LogP contribution in [-0.2, 0) is 11.3 Å². The van der Waals surface area contributed by atoms with Crippen molar-refractivity contribution >= 4 is 11.8 Å². The zero-order valence-electron chi connectivity index (χ0n) is 16.8. The van der Waals surface area contributed by atoms with Crippen LogP contribution in [0.1, 0.15) is 29.8 Å². The molecule has 0 fully saturated rings. The van der Waals surface area contributed by atoms with E-state index in [9.17, 15) is 9.59 Å². The van der Waals surface area contributed by atoms with Gasteiger partial charge < -0.3 is 10.6 Å². The average Bonchev–Trinajstić information content (AvgIpc) is 2.73. The molecule has 3 rings (SSSR count). The summed E-state index contributed by atoms with van der Waals surface area (Å²) >= 11 is 0. The molecule has 0 saturated carbocycles. The molecule has 1 atom stereocenters. The van der Waals surface area contributed by atoms with E-state index < -0.39 is 11.9 Å². The van der Waals surface area contributed by atoms with Crippen LogP contribution in [0.5, 0.6) is 0 Å². The lowest BCUT2D eigenvalue weighted by molar-refractivity contribution is -0.124. The predicted octanol–water partition coefficient (Wildman–Crippen LogP) is 4.51. The molecule has 148 valence electrons. The van der Waals surface area contributed by atoms with Crippen molar-refractivity contribution < 1.29 is 9.59 Å². The minimum absolute atomic E-state index is 0.107. The minimum atomic E-state index is -0.702. The second-order valence-electron chi connectivity index (χ2n) is 7.42. The topological polar surface area (TPSA) is 63.4 Å². The summed E-state index contributed by atoms with van der Waals surface area (Å²) in [6.07, 6.45) is 0. The van der Waals surface area contributed by atoms with Crippen molar-refractivity contribution in [3.05, 3.63) is 96.1 Å². The molecule has 3 aromatic carbocycles. The summed E-state index contributed by atoms with van der Waals surface area (Å²) in [4.78, 5) is 27.6. The zero-order valence-corrected chi connectivity index (χ0v) is 16.8. The van der Waals surface area contributed by atoms with E-state index in [-0.39, 0.29) is 11.8 Å². The van der Waals surface area contributed by atoms with E-state index in [2.05, 4.69) is 0 Å². The molecule has 4 heteroatoms. The normalized spacial score (nSPS) is 11.8. The molecule has 0 unspecified atom stereocenters. The number of carbonyl (C=O) groups is 2. The number of benzene rings is 3. The first kappa shape index (κ1) is 20.3. The Labute approximate surface area is 172 Å². The van der Waals surface area contributed by atoms with E-state index in [1.807, 2.05) is 92.7 Å². The Balaban J connectivity index is 2.07. The molecule has 0 aromatic heterocycles. The number of carbonyl (C=O) groups excluding carboxylic acids is 2. The van der Waals surface area contributed by atoms with Crippen LogP contribution in [0.15, 0.2) is 84.9 Å². The Hall–Kier alpha value is -3.40. The Morgan fingerprint density at radius 1 is 0.828 bits per heavy atom. The molecule has 0 bridgehead atoms. The van der Waals surface area contributed by atoms with Gasteiger partial charge in [-0.2, -0.15) is 0 Å². The molecule has 0 aliphatic carbocycles. The molecule has 0 aliphatic heterocycles. The molecule has 0 heterocycles. The maximum absolute atomic E-state index is 13.7. The summed E-state index contributed by atoms with van der Waals surface area (Å²) in [5.74, 6) is -0.809. The van der Waals surface area contributed by atoms with Gasteiger partial charge in [0.05, 0.1) is 0 Å². The Morgan fingerprint density at radius 2 is 1.38 bits per heavy atom. The van der Waals surface area contributed by atoms with Gasteiger partial charge in [-0.3, -0.25) is 9.59 Å². The lowest BCUT2D eigenvalue weighted by Crippen LogP contribution is -2.50. The summed E-state index contributed by atoms with van der Waals surface area (Å²) in [6.45, 7) is 4.13. The van der Waals surface area contributed by atoms with Crippen molar-refractivity contribution in [2.45, 2.75) is 26.4 Å². The maximum atomic E-state index is 13.7. The van der Waals surface area contributed by atoms with Crippen LogP contribution in [0.25, 0.3) is 11.1 Å². The molecule has 2 N–H and O–H groups in total. The van der Waals surface area contributed by atoms with E-state index in [4.69, 9.17) is 5.73 Å². The van der Waals surface area contributed by atoms with Crippen LogP contribution >= 0.6 is 0 Å². The lowest BCUT2D eigenvalue weighted by atomic mass is 9.96. The molecule has 3 aromatic rings. The first-order valence-corrected chi connectivity index (χ1v) is 9.77. The van der Waals surface area contributed by atoms with Crippen molar-refractivity contribution in [3.63, 3.8) is 0 Å². The number of nitrogens with zero attached hydrogens (tertiary/aromatic N) is 1. The number of primary amides is 1. The van der Waals surface area contributed by atoms with Gasteiger partial charge in [-0.1, -0.05) is 92.7 Å². The Kier molecular flexibility index (Phi) is 6.45. The highest BCUT2D eigenvalue weighted by molar-refractivity contribution is 6.02. The third-order valence-electron chi connectivity index (χ3n) is 4.96. The van der Waals surface area contributed by atoms with Crippen LogP contribution in [-0.4, -0.2) is 22.8 Å². The zero-order chi connectivity index (χ0) is 20.8. The predicted molar refractivity (Wildman–Crippen MR) is 116 cm³/mol. The number of amides is 2. The van der Waals surface area contributed by atoms with Crippen LogP contribution in [0.4, 0.5) is 0 Å². The second kappa shape index (κ2) is 9.20. The van der Waals surface area contributed by atoms with Gasteiger partial charge in [0.15, 0.2) is 0 Å². The fourth-order valence-corrected chi connectivity index (χ4v) is 3.61. The number of rotatable bonds is 7. The van der Waals surface area contributed by atoms with Gasteiger partial charge in [-0.05, 0) is 28.7 Å². The van der Waals surface area contributed by atoms with Crippen molar-refractivity contribution in [1.29, 1.82) is 0 Å². The SMILES string of the molecule is CC(C)[C@@H](C(N)=O)N(Cc1ccccc1)C(=O)c1ccccc1-c1ccccc1. The molecule has 2 amide bonds. The first-order chi connectivity index (χ1) is 14.0. The van der Waals surface area contributed by atoms with Gasteiger partial charge in [-0.25, -0.2) is 0 Å². The molecule has 29 heavy (non-hydrogen) atoms. The lowest BCUT2D eigenvalue weighted by Gasteiger charge is -2.33. The van der Waals surface area contributed by atoms with Gasteiger partial charge in [-0.15, -0.1) is 0 Å². The van der Waals surface area contributed by atoms with Crippen molar-refractivity contribution in [2.75, 3.05) is 0 Å². The fourth-order valence-electron chi connectivity index (χ4n) is 3.61. The molecule has 0 saturated heterocycles. The van der Waals surface area contributed by atoms with Crippen LogP contribution in [0, 0.1) is 5.92 Å². The summed E-state index contributed by atoms with van der Waals surface area (Å²) in [7, 11) is 0. The van der Waals surface area contributed by atoms with Crippen LogP contribution in [0.3, 0.4) is 0 Å². The second-order valence-corrected chi connectivity index (χ2v) is 7.42. The van der Waals surface area contributed by atoms with Gasteiger partial charge in [0.25, 0.3) is 5.91 Å². The molecule has 0 radical (unpaired) electrons.